The second-order valence-electron chi connectivity index (χ2n) is 2.98. The lowest BCUT2D eigenvalue weighted by atomic mass is 10.3. The van der Waals surface area contributed by atoms with E-state index in [4.69, 9.17) is 23.2 Å². The predicted molar refractivity (Wildman–Crippen MR) is 61.5 cm³/mol. The molecule has 0 saturated heterocycles. The summed E-state index contributed by atoms with van der Waals surface area (Å²) in [5.74, 6) is 0. The van der Waals surface area contributed by atoms with Crippen molar-refractivity contribution >= 4 is 28.9 Å². The third-order valence-corrected chi connectivity index (χ3v) is 2.46. The van der Waals surface area contributed by atoms with Crippen molar-refractivity contribution in [2.24, 2.45) is 0 Å². The van der Waals surface area contributed by atoms with Crippen molar-refractivity contribution < 1.29 is 0 Å². The molecule has 78 valence electrons. The zero-order chi connectivity index (χ0) is 10.6. The van der Waals surface area contributed by atoms with Gasteiger partial charge >= 0.3 is 0 Å². The van der Waals surface area contributed by atoms with Crippen LogP contribution >= 0.6 is 23.2 Å². The fourth-order valence-electron chi connectivity index (χ4n) is 1.16. The summed E-state index contributed by atoms with van der Waals surface area (Å²) in [6.45, 7) is 1.73. The van der Waals surface area contributed by atoms with Crippen LogP contribution in [0.3, 0.4) is 0 Å². The molecule has 0 unspecified atom stereocenters. The third kappa shape index (κ3) is 2.74. The Bertz CT molecular complexity index is 284. The van der Waals surface area contributed by atoms with E-state index in [9.17, 15) is 0 Å². The van der Waals surface area contributed by atoms with Gasteiger partial charge in [0.2, 0.25) is 0 Å². The first kappa shape index (κ1) is 11.6. The van der Waals surface area contributed by atoms with Gasteiger partial charge in [-0.1, -0.05) is 23.2 Å². The average molecular weight is 234 g/mol. The molecule has 3 nitrogen and oxygen atoms in total. The van der Waals surface area contributed by atoms with Crippen molar-refractivity contribution in [1.82, 2.24) is 10.3 Å². The van der Waals surface area contributed by atoms with E-state index >= 15 is 0 Å². The molecule has 1 heterocycles. The first-order valence-corrected chi connectivity index (χ1v) is 5.07. The largest absolute Gasteiger partial charge is 0.371 e. The molecular formula is C9H13Cl2N3. The van der Waals surface area contributed by atoms with E-state index in [1.807, 2.05) is 19.0 Å². The standard InChI is InChI=1S/C9H13Cl2N3/c1-12-3-4-14(2)9-7(10)5-13-6-8(9)11/h5-6,12H,3-4H2,1-2H3. The molecule has 1 rings (SSSR count). The Hall–Kier alpha value is -0.510. The number of aromatic nitrogens is 1. The number of nitrogens with zero attached hydrogens (tertiary/aromatic N) is 2. The quantitative estimate of drug-likeness (QED) is 0.864. The van der Waals surface area contributed by atoms with Gasteiger partial charge in [0.1, 0.15) is 0 Å². The van der Waals surface area contributed by atoms with E-state index in [1.54, 1.807) is 12.4 Å². The van der Waals surface area contributed by atoms with Gasteiger partial charge < -0.3 is 10.2 Å². The fourth-order valence-corrected chi connectivity index (χ4v) is 1.81. The minimum absolute atomic E-state index is 0.580. The first-order valence-electron chi connectivity index (χ1n) is 4.31. The van der Waals surface area contributed by atoms with Crippen LogP contribution in [0.1, 0.15) is 0 Å². The van der Waals surface area contributed by atoms with E-state index in [0.29, 0.717) is 10.0 Å². The van der Waals surface area contributed by atoms with Crippen molar-refractivity contribution in [1.29, 1.82) is 0 Å². The van der Waals surface area contributed by atoms with Crippen LogP contribution in [0.15, 0.2) is 12.4 Å². The highest BCUT2D eigenvalue weighted by Crippen LogP contribution is 2.31. The van der Waals surface area contributed by atoms with Crippen molar-refractivity contribution in [3.8, 4) is 0 Å². The van der Waals surface area contributed by atoms with E-state index in [-0.39, 0.29) is 0 Å². The van der Waals surface area contributed by atoms with E-state index in [2.05, 4.69) is 10.3 Å². The van der Waals surface area contributed by atoms with Crippen LogP contribution < -0.4 is 10.2 Å². The highest BCUT2D eigenvalue weighted by Gasteiger charge is 2.10. The number of hydrogen-bond acceptors (Lipinski definition) is 3. The number of anilines is 1. The molecule has 0 aliphatic heterocycles. The van der Waals surface area contributed by atoms with Crippen LogP contribution in [0, 0.1) is 0 Å². The molecule has 5 heteroatoms. The van der Waals surface area contributed by atoms with Crippen molar-refractivity contribution in [2.45, 2.75) is 0 Å². The summed E-state index contributed by atoms with van der Waals surface area (Å²) in [7, 11) is 3.86. The molecule has 0 saturated carbocycles. The first-order chi connectivity index (χ1) is 6.66. The minimum Gasteiger partial charge on any atom is -0.371 e. The Balaban J connectivity index is 2.82. The second-order valence-corrected chi connectivity index (χ2v) is 3.79. The predicted octanol–water partition coefficient (Wildman–Crippen LogP) is 2.04. The summed E-state index contributed by atoms with van der Waals surface area (Å²) in [5, 5.41) is 4.22. The smallest absolute Gasteiger partial charge is 0.0837 e. The maximum atomic E-state index is 5.99. The zero-order valence-electron chi connectivity index (χ0n) is 8.22. The number of hydrogen-bond donors (Lipinski definition) is 1. The minimum atomic E-state index is 0.580. The molecule has 0 aliphatic carbocycles. The monoisotopic (exact) mass is 233 g/mol. The molecule has 1 aromatic rings. The molecule has 0 amide bonds. The van der Waals surface area contributed by atoms with Crippen LogP contribution in [-0.4, -0.2) is 32.2 Å². The Morgan fingerprint density at radius 2 is 1.93 bits per heavy atom. The van der Waals surface area contributed by atoms with Crippen molar-refractivity contribution in [3.05, 3.63) is 22.4 Å². The van der Waals surface area contributed by atoms with Crippen LogP contribution in [0.5, 0.6) is 0 Å². The average Bonchev–Trinajstić information content (AvgIpc) is 2.14. The maximum absolute atomic E-state index is 5.99. The van der Waals surface area contributed by atoms with Crippen LogP contribution in [0.2, 0.25) is 10.0 Å². The summed E-state index contributed by atoms with van der Waals surface area (Å²) >= 11 is 12.0. The zero-order valence-corrected chi connectivity index (χ0v) is 9.73. The van der Waals surface area contributed by atoms with Gasteiger partial charge in [-0.05, 0) is 7.05 Å². The van der Waals surface area contributed by atoms with Gasteiger partial charge in [0.15, 0.2) is 0 Å². The number of pyridine rings is 1. The fraction of sp³-hybridized carbons (Fsp3) is 0.444. The molecule has 1 N–H and O–H groups in total. The van der Waals surface area contributed by atoms with Gasteiger partial charge in [-0.3, -0.25) is 4.98 Å². The number of likely N-dealkylation sites (N-methyl/N-ethyl adjacent to an activating group) is 2. The Kier molecular flexibility index (Phi) is 4.45. The molecule has 14 heavy (non-hydrogen) atoms. The van der Waals surface area contributed by atoms with Gasteiger partial charge in [-0.2, -0.15) is 0 Å². The molecular weight excluding hydrogens is 221 g/mol. The van der Waals surface area contributed by atoms with E-state index in [0.717, 1.165) is 18.8 Å². The van der Waals surface area contributed by atoms with Gasteiger partial charge in [-0.15, -0.1) is 0 Å². The number of nitrogens with one attached hydrogen (secondary N) is 1. The summed E-state index contributed by atoms with van der Waals surface area (Å²) < 4.78 is 0. The normalized spacial score (nSPS) is 10.3. The van der Waals surface area contributed by atoms with Gasteiger partial charge in [0.25, 0.3) is 0 Å². The topological polar surface area (TPSA) is 28.2 Å². The van der Waals surface area contributed by atoms with Crippen LogP contribution in [0.4, 0.5) is 5.69 Å². The Labute approximate surface area is 94.0 Å². The Morgan fingerprint density at radius 3 is 2.43 bits per heavy atom. The number of rotatable bonds is 4. The lowest BCUT2D eigenvalue weighted by Gasteiger charge is -2.21. The van der Waals surface area contributed by atoms with Crippen LogP contribution in [-0.2, 0) is 0 Å². The molecule has 0 bridgehead atoms. The van der Waals surface area contributed by atoms with Gasteiger partial charge in [-0.25, -0.2) is 0 Å². The summed E-state index contributed by atoms with van der Waals surface area (Å²) in [6.07, 6.45) is 3.19. The molecule has 0 aliphatic rings. The van der Waals surface area contributed by atoms with E-state index in [1.165, 1.54) is 0 Å². The van der Waals surface area contributed by atoms with Crippen LogP contribution in [0.25, 0.3) is 0 Å². The SMILES string of the molecule is CNCCN(C)c1c(Cl)cncc1Cl. The summed E-state index contributed by atoms with van der Waals surface area (Å²) in [4.78, 5) is 5.90. The lowest BCUT2D eigenvalue weighted by Crippen LogP contribution is -2.27. The Morgan fingerprint density at radius 1 is 1.36 bits per heavy atom. The van der Waals surface area contributed by atoms with Crippen molar-refractivity contribution in [3.63, 3.8) is 0 Å². The highest BCUT2D eigenvalue weighted by molar-refractivity contribution is 6.38. The van der Waals surface area contributed by atoms with Crippen molar-refractivity contribution in [2.75, 3.05) is 32.1 Å². The molecule has 0 spiro atoms. The maximum Gasteiger partial charge on any atom is 0.0837 e. The molecule has 0 fully saturated rings. The van der Waals surface area contributed by atoms with Gasteiger partial charge in [0.05, 0.1) is 15.7 Å². The molecule has 0 aromatic carbocycles. The summed E-state index contributed by atoms with van der Waals surface area (Å²) in [5.41, 5.74) is 0.832. The molecule has 0 atom stereocenters. The highest BCUT2D eigenvalue weighted by atomic mass is 35.5. The summed E-state index contributed by atoms with van der Waals surface area (Å²) in [6, 6.07) is 0. The molecule has 1 aromatic heterocycles. The molecule has 0 radical (unpaired) electrons. The third-order valence-electron chi connectivity index (χ3n) is 1.91. The second kappa shape index (κ2) is 5.39. The van der Waals surface area contributed by atoms with Gasteiger partial charge in [0, 0.05) is 32.5 Å². The van der Waals surface area contributed by atoms with E-state index < -0.39 is 0 Å². The number of halogens is 2. The lowest BCUT2D eigenvalue weighted by molar-refractivity contribution is 0.767.